The molecule has 7 aromatic rings. The molecule has 4 amide bonds. The quantitative estimate of drug-likeness (QED) is 0.0290. The predicted molar refractivity (Wildman–Crippen MR) is 254 cm³/mol. The molecule has 10 rings (SSSR count). The Morgan fingerprint density at radius 3 is 1.38 bits per heavy atom. The molecule has 2 aliphatic heterocycles. The number of hydrogen-bond donors (Lipinski definition) is 0. The van der Waals surface area contributed by atoms with Crippen molar-refractivity contribution >= 4 is 84.3 Å². The Morgan fingerprint density at radius 1 is 0.470 bits per heavy atom. The van der Waals surface area contributed by atoms with E-state index in [1.807, 2.05) is 36.4 Å². The van der Waals surface area contributed by atoms with Gasteiger partial charge in [0.15, 0.2) is 11.6 Å². The molecule has 1 aliphatic carbocycles. The molecule has 0 N–H and O–H groups in total. The highest BCUT2D eigenvalue weighted by atomic mass is 16.5. The van der Waals surface area contributed by atoms with Crippen molar-refractivity contribution in [2.24, 2.45) is 0 Å². The van der Waals surface area contributed by atoms with Crippen LogP contribution in [0.2, 0.25) is 0 Å². The lowest BCUT2D eigenvalue weighted by molar-refractivity contribution is 0.0405. The molecule has 0 unspecified atom stereocenters. The monoisotopic (exact) mass is 878 g/mol. The van der Waals surface area contributed by atoms with Crippen molar-refractivity contribution in [2.45, 2.75) is 96.9 Å². The number of amides is 4. The summed E-state index contributed by atoms with van der Waals surface area (Å²) in [6.07, 6.45) is 12.6. The molecule has 10 heteroatoms. The van der Waals surface area contributed by atoms with Gasteiger partial charge in [-0.3, -0.25) is 38.6 Å². The van der Waals surface area contributed by atoms with E-state index >= 15 is 0 Å². The van der Waals surface area contributed by atoms with E-state index in [-0.39, 0.29) is 64.8 Å². The molecular weight excluding hydrogens is 829 g/mol. The lowest BCUT2D eigenvalue weighted by Gasteiger charge is -2.35. The number of unbranched alkanes of at least 4 members (excludes halogenated alkanes) is 8. The van der Waals surface area contributed by atoms with Crippen LogP contribution in [0.5, 0.6) is 0 Å². The third kappa shape index (κ3) is 6.88. The minimum atomic E-state index is -0.766. The van der Waals surface area contributed by atoms with E-state index in [1.54, 1.807) is 41.3 Å². The average Bonchev–Trinajstić information content (AvgIpc) is 3.34. The van der Waals surface area contributed by atoms with Gasteiger partial charge in [-0.2, -0.15) is 0 Å². The molecule has 66 heavy (non-hydrogen) atoms. The standard InChI is InChI=1S/C56H50N2O8/c1-3-5-7-9-11-15-33(16-12-10-8-6-4-2)58-54(63)43-27-23-36-34-21-25-41-48-42(26-22-35(46(34)48)37-24-28-44(55(58)64)49(43)47(36)37)53(62)57(52(41)61)29-30-66-56(65)32-19-20-40-45(31-32)51(60)39-18-14-13-17-38(39)50(40)59/h13-14,17-28,31,33H,3-12,15-16,29-30H2,1-2H3. The molecule has 0 bridgehead atoms. The summed E-state index contributed by atoms with van der Waals surface area (Å²) in [5.41, 5.74) is 2.65. The van der Waals surface area contributed by atoms with Gasteiger partial charge in [-0.25, -0.2) is 4.79 Å². The van der Waals surface area contributed by atoms with Gasteiger partial charge in [-0.05, 0) is 87.6 Å². The first kappa shape index (κ1) is 42.9. The first-order valence-electron chi connectivity index (χ1n) is 23.6. The summed E-state index contributed by atoms with van der Waals surface area (Å²) in [7, 11) is 0. The van der Waals surface area contributed by atoms with E-state index in [9.17, 15) is 33.6 Å². The third-order valence-corrected chi connectivity index (χ3v) is 14.1. The number of hydrogen-bond acceptors (Lipinski definition) is 8. The molecule has 0 spiro atoms. The van der Waals surface area contributed by atoms with Crippen LogP contribution in [-0.4, -0.2) is 70.2 Å². The predicted octanol–water partition coefficient (Wildman–Crippen LogP) is 11.7. The van der Waals surface area contributed by atoms with Gasteiger partial charge in [-0.15, -0.1) is 0 Å². The number of imide groups is 2. The Labute approximate surface area is 382 Å². The largest absolute Gasteiger partial charge is 0.460 e. The lowest BCUT2D eigenvalue weighted by atomic mass is 9.82. The molecule has 0 aromatic heterocycles. The van der Waals surface area contributed by atoms with Crippen molar-refractivity contribution in [1.29, 1.82) is 0 Å². The second-order valence-electron chi connectivity index (χ2n) is 18.0. The summed E-state index contributed by atoms with van der Waals surface area (Å²) < 4.78 is 5.54. The van der Waals surface area contributed by atoms with Gasteiger partial charge in [0.25, 0.3) is 23.6 Å². The number of rotatable bonds is 17. The maximum atomic E-state index is 14.6. The fraction of sp³-hybridized carbons (Fsp3) is 0.304. The SMILES string of the molecule is CCCCCCCC(CCCCCCC)N1C(=O)c2ccc3c4ccc5c6c(ccc(c7ccc(c2c37)C1=O)c64)C(=O)N(CCOC(=O)c1ccc2c(c1)C(=O)c1ccccc1C2=O)C5=O. The minimum Gasteiger partial charge on any atom is -0.460 e. The van der Waals surface area contributed by atoms with Crippen LogP contribution in [0, 0.1) is 0 Å². The number of ketones is 2. The molecule has 2 heterocycles. The molecule has 0 atom stereocenters. The number of nitrogens with zero attached hydrogens (tertiary/aromatic N) is 2. The maximum absolute atomic E-state index is 14.6. The van der Waals surface area contributed by atoms with Gasteiger partial charge in [-0.1, -0.05) is 127 Å². The molecule has 0 saturated heterocycles. The molecule has 10 nitrogen and oxygen atoms in total. The van der Waals surface area contributed by atoms with E-state index < -0.39 is 17.8 Å². The van der Waals surface area contributed by atoms with E-state index in [2.05, 4.69) is 13.8 Å². The summed E-state index contributed by atoms with van der Waals surface area (Å²) in [6, 6.07) is 25.3. The van der Waals surface area contributed by atoms with E-state index in [1.165, 1.54) is 31.0 Å². The number of esters is 1. The molecule has 3 aliphatic rings. The van der Waals surface area contributed by atoms with Crippen molar-refractivity contribution in [3.8, 4) is 0 Å². The molecule has 332 valence electrons. The number of fused-ring (bicyclic) bond motifs is 4. The smallest absolute Gasteiger partial charge is 0.338 e. The Hall–Kier alpha value is -7.07. The topological polar surface area (TPSA) is 135 Å². The Kier molecular flexibility index (Phi) is 11.3. The van der Waals surface area contributed by atoms with Crippen molar-refractivity contribution in [3.63, 3.8) is 0 Å². The molecule has 7 aromatic carbocycles. The number of ether oxygens (including phenoxy) is 1. The van der Waals surface area contributed by atoms with Gasteiger partial charge in [0.2, 0.25) is 0 Å². The first-order valence-corrected chi connectivity index (χ1v) is 23.6. The summed E-state index contributed by atoms with van der Waals surface area (Å²) >= 11 is 0. The number of carbonyl (C=O) groups excluding carboxylic acids is 7. The van der Waals surface area contributed by atoms with Crippen LogP contribution < -0.4 is 0 Å². The Balaban J connectivity index is 0.922. The molecule has 0 fully saturated rings. The van der Waals surface area contributed by atoms with Crippen molar-refractivity contribution in [3.05, 3.63) is 141 Å². The third-order valence-electron chi connectivity index (χ3n) is 14.1. The van der Waals surface area contributed by atoms with Crippen LogP contribution >= 0.6 is 0 Å². The fourth-order valence-electron chi connectivity index (χ4n) is 10.8. The summed E-state index contributed by atoms with van der Waals surface area (Å²) in [4.78, 5) is 99.8. The van der Waals surface area contributed by atoms with Crippen molar-refractivity contribution in [1.82, 2.24) is 9.80 Å². The molecule has 0 saturated carbocycles. The fourth-order valence-corrected chi connectivity index (χ4v) is 10.8. The Bertz CT molecular complexity index is 3080. The zero-order valence-electron chi connectivity index (χ0n) is 37.3. The number of benzene rings is 7. The highest BCUT2D eigenvalue weighted by molar-refractivity contribution is 6.41. The lowest BCUT2D eigenvalue weighted by Crippen LogP contribution is -2.47. The summed E-state index contributed by atoms with van der Waals surface area (Å²) in [5, 5.41) is 5.99. The first-order chi connectivity index (χ1) is 32.1. The van der Waals surface area contributed by atoms with Crippen LogP contribution in [0.15, 0.2) is 91.0 Å². The maximum Gasteiger partial charge on any atom is 0.338 e. The molecule has 0 radical (unpaired) electrons. The normalized spacial score (nSPS) is 14.5. The van der Waals surface area contributed by atoms with E-state index in [4.69, 9.17) is 4.74 Å². The zero-order chi connectivity index (χ0) is 45.8. The average molecular weight is 879 g/mol. The summed E-state index contributed by atoms with van der Waals surface area (Å²) in [5.74, 6) is -2.99. The van der Waals surface area contributed by atoms with Crippen molar-refractivity contribution < 1.29 is 38.3 Å². The van der Waals surface area contributed by atoms with Crippen LogP contribution in [0.25, 0.3) is 43.1 Å². The zero-order valence-corrected chi connectivity index (χ0v) is 37.3. The van der Waals surface area contributed by atoms with Crippen LogP contribution in [-0.2, 0) is 4.74 Å². The van der Waals surface area contributed by atoms with Crippen LogP contribution in [0.4, 0.5) is 0 Å². The minimum absolute atomic E-state index is 0.0623. The van der Waals surface area contributed by atoms with Crippen LogP contribution in [0.3, 0.4) is 0 Å². The second kappa shape index (κ2) is 17.4. The summed E-state index contributed by atoms with van der Waals surface area (Å²) in [6.45, 7) is 3.88. The Morgan fingerprint density at radius 2 is 0.894 bits per heavy atom. The van der Waals surface area contributed by atoms with E-state index in [0.29, 0.717) is 38.6 Å². The van der Waals surface area contributed by atoms with Gasteiger partial charge >= 0.3 is 5.97 Å². The van der Waals surface area contributed by atoms with Crippen molar-refractivity contribution in [2.75, 3.05) is 13.2 Å². The van der Waals surface area contributed by atoms with E-state index in [0.717, 1.165) is 101 Å². The van der Waals surface area contributed by atoms with Crippen LogP contribution in [0.1, 0.15) is 175 Å². The van der Waals surface area contributed by atoms with Gasteiger partial charge in [0.05, 0.1) is 12.1 Å². The van der Waals surface area contributed by atoms with Gasteiger partial charge in [0.1, 0.15) is 6.61 Å². The number of carbonyl (C=O) groups is 7. The van der Waals surface area contributed by atoms with Gasteiger partial charge in [0, 0.05) is 61.3 Å². The second-order valence-corrected chi connectivity index (χ2v) is 18.0. The highest BCUT2D eigenvalue weighted by Crippen LogP contribution is 2.46. The molecular formula is C56H50N2O8. The van der Waals surface area contributed by atoms with Gasteiger partial charge < -0.3 is 4.74 Å². The highest BCUT2D eigenvalue weighted by Gasteiger charge is 2.39.